The Labute approximate surface area is 155 Å². The molecule has 1 heterocycles. The number of carbonyl (C=O) groups excluding carboxylic acids is 1. The third-order valence-corrected chi connectivity index (χ3v) is 4.86. The van der Waals surface area contributed by atoms with Crippen molar-refractivity contribution in [1.82, 2.24) is 14.8 Å². The maximum atomic E-state index is 11.7. The van der Waals surface area contributed by atoms with Crippen molar-refractivity contribution in [3.05, 3.63) is 28.2 Å². The number of nitrogens with zero attached hydrogens (tertiary/aromatic N) is 3. The number of benzene rings is 1. The summed E-state index contributed by atoms with van der Waals surface area (Å²) in [4.78, 5) is 11.7. The quantitative estimate of drug-likeness (QED) is 0.536. The first-order valence-corrected chi connectivity index (χ1v) is 9.10. The number of aromatic nitrogens is 3. The summed E-state index contributed by atoms with van der Waals surface area (Å²) in [5, 5.41) is 9.88. The topological polar surface area (TPSA) is 57.0 Å². The predicted molar refractivity (Wildman–Crippen MR) is 97.7 cm³/mol. The van der Waals surface area contributed by atoms with Gasteiger partial charge >= 0.3 is 5.97 Å². The molecular weight excluding hydrogens is 369 g/mol. The standard InChI is InChI=1S/C16H19Cl2N3O2S/c1-9(2)8-21-14(12-6-5-11(17)7-13(12)18)19-20-16(21)24-10(3)15(22)23-4/h5-7,9-10H,8H2,1-4H3/t10-/m1/s1. The minimum absolute atomic E-state index is 0.301. The maximum Gasteiger partial charge on any atom is 0.318 e. The monoisotopic (exact) mass is 387 g/mol. The molecule has 24 heavy (non-hydrogen) atoms. The average Bonchev–Trinajstić information content (AvgIpc) is 2.88. The lowest BCUT2D eigenvalue weighted by Crippen LogP contribution is -2.16. The molecule has 1 atom stereocenters. The van der Waals surface area contributed by atoms with Gasteiger partial charge in [-0.15, -0.1) is 10.2 Å². The largest absolute Gasteiger partial charge is 0.468 e. The van der Waals surface area contributed by atoms with Crippen LogP contribution in [0.2, 0.25) is 10.0 Å². The number of methoxy groups -OCH3 is 1. The first-order valence-electron chi connectivity index (χ1n) is 7.46. The van der Waals surface area contributed by atoms with E-state index in [1.165, 1.54) is 18.9 Å². The third kappa shape index (κ3) is 4.43. The Balaban J connectivity index is 2.43. The van der Waals surface area contributed by atoms with E-state index in [1.54, 1.807) is 19.1 Å². The van der Waals surface area contributed by atoms with E-state index in [1.807, 2.05) is 10.6 Å². The van der Waals surface area contributed by atoms with Crippen LogP contribution in [0, 0.1) is 5.92 Å². The summed E-state index contributed by atoms with van der Waals surface area (Å²) in [7, 11) is 1.37. The first kappa shape index (κ1) is 19.1. The lowest BCUT2D eigenvalue weighted by atomic mass is 10.2. The summed E-state index contributed by atoms with van der Waals surface area (Å²) in [6.45, 7) is 6.69. The van der Waals surface area contributed by atoms with Crippen LogP contribution < -0.4 is 0 Å². The van der Waals surface area contributed by atoms with E-state index < -0.39 is 0 Å². The van der Waals surface area contributed by atoms with E-state index in [9.17, 15) is 4.79 Å². The molecule has 0 aliphatic heterocycles. The molecule has 0 N–H and O–H groups in total. The van der Waals surface area contributed by atoms with Crippen molar-refractivity contribution in [3.8, 4) is 11.4 Å². The summed E-state index contributed by atoms with van der Waals surface area (Å²) >= 11 is 13.6. The number of ether oxygens (including phenoxy) is 1. The zero-order valence-corrected chi connectivity index (χ0v) is 16.2. The van der Waals surface area contributed by atoms with Gasteiger partial charge in [-0.05, 0) is 31.0 Å². The Bertz CT molecular complexity index is 734. The van der Waals surface area contributed by atoms with Gasteiger partial charge in [0, 0.05) is 17.1 Å². The van der Waals surface area contributed by atoms with E-state index in [-0.39, 0.29) is 11.2 Å². The van der Waals surface area contributed by atoms with Crippen molar-refractivity contribution < 1.29 is 9.53 Å². The second-order valence-corrected chi connectivity index (χ2v) is 7.87. The van der Waals surface area contributed by atoms with Crippen LogP contribution in [0.4, 0.5) is 0 Å². The third-order valence-electron chi connectivity index (χ3n) is 3.25. The molecule has 0 unspecified atom stereocenters. The molecule has 0 saturated carbocycles. The Morgan fingerprint density at radius 2 is 2.00 bits per heavy atom. The van der Waals surface area contributed by atoms with E-state index >= 15 is 0 Å². The highest BCUT2D eigenvalue weighted by molar-refractivity contribution is 8.00. The van der Waals surface area contributed by atoms with Crippen molar-refractivity contribution >= 4 is 40.9 Å². The molecule has 5 nitrogen and oxygen atoms in total. The highest BCUT2D eigenvalue weighted by atomic mass is 35.5. The zero-order valence-electron chi connectivity index (χ0n) is 13.9. The molecule has 0 aliphatic rings. The maximum absolute atomic E-state index is 11.7. The van der Waals surface area contributed by atoms with E-state index in [0.717, 1.165) is 5.56 Å². The fraction of sp³-hybridized carbons (Fsp3) is 0.438. The molecule has 2 rings (SSSR count). The Kier molecular flexibility index (Phi) is 6.54. The molecule has 0 aliphatic carbocycles. The van der Waals surface area contributed by atoms with Crippen LogP contribution in [0.1, 0.15) is 20.8 Å². The SMILES string of the molecule is COC(=O)[C@@H](C)Sc1nnc(-c2ccc(Cl)cc2Cl)n1CC(C)C. The van der Waals surface area contributed by atoms with Crippen molar-refractivity contribution in [2.45, 2.75) is 37.7 Å². The number of hydrogen-bond donors (Lipinski definition) is 0. The molecule has 130 valence electrons. The van der Waals surface area contributed by atoms with Crippen molar-refractivity contribution in [3.63, 3.8) is 0 Å². The molecule has 1 aromatic carbocycles. The first-order chi connectivity index (χ1) is 11.3. The summed E-state index contributed by atoms with van der Waals surface area (Å²) in [5.74, 6) is 0.730. The number of halogens is 2. The predicted octanol–water partition coefficient (Wildman–Crippen LogP) is 4.56. The normalized spacial score (nSPS) is 12.5. The summed E-state index contributed by atoms with van der Waals surface area (Å²) in [6, 6.07) is 5.27. The number of hydrogen-bond acceptors (Lipinski definition) is 5. The Morgan fingerprint density at radius 1 is 1.29 bits per heavy atom. The molecule has 0 bridgehead atoms. The second kappa shape index (κ2) is 8.23. The van der Waals surface area contributed by atoms with Gasteiger partial charge in [-0.2, -0.15) is 0 Å². The van der Waals surface area contributed by atoms with Crippen molar-refractivity contribution in [1.29, 1.82) is 0 Å². The Hall–Kier alpha value is -1.24. The average molecular weight is 388 g/mol. The van der Waals surface area contributed by atoms with Gasteiger partial charge in [0.15, 0.2) is 11.0 Å². The van der Waals surface area contributed by atoms with E-state index in [2.05, 4.69) is 24.0 Å². The van der Waals surface area contributed by atoms with E-state index in [4.69, 9.17) is 27.9 Å². The number of rotatable bonds is 6. The molecule has 0 saturated heterocycles. The number of carbonyl (C=O) groups is 1. The molecule has 8 heteroatoms. The van der Waals surface area contributed by atoms with Gasteiger partial charge in [-0.1, -0.05) is 48.8 Å². The number of esters is 1. The zero-order chi connectivity index (χ0) is 17.9. The number of thioether (sulfide) groups is 1. The van der Waals surface area contributed by atoms with Gasteiger partial charge in [0.05, 0.1) is 12.1 Å². The lowest BCUT2D eigenvalue weighted by Gasteiger charge is -2.14. The minimum atomic E-state index is -0.376. The van der Waals surface area contributed by atoms with Gasteiger partial charge in [0.25, 0.3) is 0 Å². The van der Waals surface area contributed by atoms with Gasteiger partial charge < -0.3 is 9.30 Å². The van der Waals surface area contributed by atoms with Crippen LogP contribution in [0.5, 0.6) is 0 Å². The highest BCUT2D eigenvalue weighted by Crippen LogP contribution is 2.33. The molecule has 2 aromatic rings. The molecular formula is C16H19Cl2N3O2S. The van der Waals surface area contributed by atoms with Gasteiger partial charge in [-0.25, -0.2) is 0 Å². The molecule has 1 aromatic heterocycles. The smallest absolute Gasteiger partial charge is 0.318 e. The van der Waals surface area contributed by atoms with Crippen LogP contribution in [0.15, 0.2) is 23.4 Å². The fourth-order valence-corrected chi connectivity index (χ4v) is 3.53. The van der Waals surface area contributed by atoms with Crippen molar-refractivity contribution in [2.75, 3.05) is 7.11 Å². The summed E-state index contributed by atoms with van der Waals surface area (Å²) in [5.41, 5.74) is 0.756. The molecule has 0 fully saturated rings. The van der Waals surface area contributed by atoms with Crippen LogP contribution in [0.25, 0.3) is 11.4 Å². The van der Waals surface area contributed by atoms with Crippen LogP contribution >= 0.6 is 35.0 Å². The van der Waals surface area contributed by atoms with Crippen LogP contribution in [-0.4, -0.2) is 33.1 Å². The van der Waals surface area contributed by atoms with Crippen molar-refractivity contribution in [2.24, 2.45) is 5.92 Å². The van der Waals surface area contributed by atoms with Gasteiger partial charge in [0.1, 0.15) is 5.25 Å². The minimum Gasteiger partial charge on any atom is -0.468 e. The van der Waals surface area contributed by atoms with E-state index in [0.29, 0.717) is 33.5 Å². The highest BCUT2D eigenvalue weighted by Gasteiger charge is 2.22. The molecule has 0 amide bonds. The summed E-state index contributed by atoms with van der Waals surface area (Å²) in [6.07, 6.45) is 0. The molecule has 0 spiro atoms. The lowest BCUT2D eigenvalue weighted by molar-refractivity contribution is -0.139. The summed E-state index contributed by atoms with van der Waals surface area (Å²) < 4.78 is 6.75. The molecule has 0 radical (unpaired) electrons. The van der Waals surface area contributed by atoms with Crippen LogP contribution in [-0.2, 0) is 16.1 Å². The fourth-order valence-electron chi connectivity index (χ4n) is 2.15. The van der Waals surface area contributed by atoms with Crippen LogP contribution in [0.3, 0.4) is 0 Å². The van der Waals surface area contributed by atoms with Gasteiger partial charge in [-0.3, -0.25) is 4.79 Å². The second-order valence-electron chi connectivity index (χ2n) is 5.72. The van der Waals surface area contributed by atoms with Gasteiger partial charge in [0.2, 0.25) is 0 Å². The Morgan fingerprint density at radius 3 is 2.58 bits per heavy atom.